The fourth-order valence-electron chi connectivity index (χ4n) is 3.64. The van der Waals surface area contributed by atoms with Gasteiger partial charge in [-0.05, 0) is 39.7 Å². The van der Waals surface area contributed by atoms with Crippen LogP contribution in [0.5, 0.6) is 0 Å². The molecule has 0 spiro atoms. The quantitative estimate of drug-likeness (QED) is 0.688. The largest absolute Gasteiger partial charge is 0.361 e. The summed E-state index contributed by atoms with van der Waals surface area (Å²) in [5.41, 5.74) is 5.89. The number of amides is 1. The molecule has 3 aromatic rings. The summed E-state index contributed by atoms with van der Waals surface area (Å²) in [7, 11) is 0. The maximum Gasteiger partial charge on any atom is 0.273 e. The van der Waals surface area contributed by atoms with Crippen molar-refractivity contribution in [2.45, 2.75) is 39.5 Å². The molecule has 0 radical (unpaired) electrons. The fourth-order valence-corrected chi connectivity index (χ4v) is 4.16. The molecular weight excluding hydrogens is 362 g/mol. The number of rotatable bonds is 3. The third kappa shape index (κ3) is 3.49. The number of aromatic nitrogens is 4. The van der Waals surface area contributed by atoms with E-state index in [4.69, 9.17) is 4.52 Å². The van der Waals surface area contributed by atoms with Crippen molar-refractivity contribution in [3.8, 4) is 11.3 Å². The molecule has 8 heteroatoms. The minimum atomic E-state index is 0.0185. The molecule has 7 nitrogen and oxygen atoms in total. The average Bonchev–Trinajstić information content (AvgIpc) is 3.31. The Morgan fingerprint density at radius 1 is 1.22 bits per heavy atom. The van der Waals surface area contributed by atoms with E-state index in [2.05, 4.69) is 20.1 Å². The van der Waals surface area contributed by atoms with Crippen LogP contribution in [0.1, 0.15) is 52.2 Å². The number of carbonyl (C=O) groups is 1. The molecule has 0 bridgehead atoms. The van der Waals surface area contributed by atoms with Gasteiger partial charge in [0.1, 0.15) is 17.3 Å². The van der Waals surface area contributed by atoms with Gasteiger partial charge in [0.2, 0.25) is 0 Å². The molecule has 27 heavy (non-hydrogen) atoms. The number of likely N-dealkylation sites (tertiary alicyclic amines) is 1. The zero-order valence-corrected chi connectivity index (χ0v) is 16.4. The average molecular weight is 383 g/mol. The van der Waals surface area contributed by atoms with Crippen molar-refractivity contribution in [1.29, 1.82) is 0 Å². The Bertz CT molecular complexity index is 939. The molecule has 0 N–H and O–H groups in total. The number of carbonyl (C=O) groups excluding carboxylic acids is 1. The van der Waals surface area contributed by atoms with Gasteiger partial charge in [0, 0.05) is 30.1 Å². The second-order valence-corrected chi connectivity index (χ2v) is 7.58. The number of piperidine rings is 1. The van der Waals surface area contributed by atoms with Crippen LogP contribution >= 0.6 is 11.3 Å². The van der Waals surface area contributed by atoms with E-state index in [1.807, 2.05) is 31.7 Å². The lowest BCUT2D eigenvalue weighted by Crippen LogP contribution is -2.38. The van der Waals surface area contributed by atoms with E-state index >= 15 is 0 Å². The van der Waals surface area contributed by atoms with Crippen LogP contribution in [0.25, 0.3) is 11.3 Å². The van der Waals surface area contributed by atoms with Gasteiger partial charge in [-0.2, -0.15) is 0 Å². The van der Waals surface area contributed by atoms with Gasteiger partial charge in [-0.3, -0.25) is 4.79 Å². The highest BCUT2D eigenvalue weighted by molar-refractivity contribution is 7.07. The normalized spacial score (nSPS) is 15.3. The molecule has 0 aliphatic carbocycles. The maximum absolute atomic E-state index is 12.5. The first-order valence-electron chi connectivity index (χ1n) is 8.99. The Hall–Kier alpha value is -2.61. The summed E-state index contributed by atoms with van der Waals surface area (Å²) in [5.74, 6) is 1.83. The van der Waals surface area contributed by atoms with Gasteiger partial charge in [-0.15, -0.1) is 11.3 Å². The summed E-state index contributed by atoms with van der Waals surface area (Å²) in [6.07, 6.45) is 1.76. The van der Waals surface area contributed by atoms with Crippen molar-refractivity contribution >= 4 is 17.2 Å². The Morgan fingerprint density at radius 2 is 2.00 bits per heavy atom. The zero-order valence-electron chi connectivity index (χ0n) is 15.6. The van der Waals surface area contributed by atoms with Crippen LogP contribution in [0.15, 0.2) is 21.5 Å². The van der Waals surface area contributed by atoms with Crippen molar-refractivity contribution in [2.75, 3.05) is 13.1 Å². The van der Waals surface area contributed by atoms with Crippen molar-refractivity contribution in [2.24, 2.45) is 0 Å². The summed E-state index contributed by atoms with van der Waals surface area (Å²) >= 11 is 1.45. The molecule has 0 aromatic carbocycles. The van der Waals surface area contributed by atoms with Crippen LogP contribution in [0, 0.1) is 20.8 Å². The third-order valence-corrected chi connectivity index (χ3v) is 5.59. The first kappa shape index (κ1) is 17.8. The van der Waals surface area contributed by atoms with Crippen LogP contribution in [0.3, 0.4) is 0 Å². The summed E-state index contributed by atoms with van der Waals surface area (Å²) in [6.45, 7) is 7.15. The summed E-state index contributed by atoms with van der Waals surface area (Å²) < 4.78 is 5.29. The van der Waals surface area contributed by atoms with Gasteiger partial charge in [-0.1, -0.05) is 5.16 Å². The molecule has 0 unspecified atom stereocenters. The molecular formula is C19H21N5O2S. The van der Waals surface area contributed by atoms with E-state index in [-0.39, 0.29) is 5.91 Å². The number of hydrogen-bond donors (Lipinski definition) is 0. The second kappa shape index (κ2) is 7.19. The predicted molar refractivity (Wildman–Crippen MR) is 102 cm³/mol. The van der Waals surface area contributed by atoms with Crippen LogP contribution in [-0.2, 0) is 0 Å². The number of aryl methyl sites for hydroxylation is 3. The second-order valence-electron chi connectivity index (χ2n) is 6.86. The third-order valence-electron chi connectivity index (χ3n) is 5.00. The van der Waals surface area contributed by atoms with E-state index in [9.17, 15) is 4.79 Å². The lowest BCUT2D eigenvalue weighted by Gasteiger charge is -2.31. The molecule has 3 aromatic heterocycles. The summed E-state index contributed by atoms with van der Waals surface area (Å²) in [4.78, 5) is 27.7. The molecule has 4 rings (SSSR count). The highest BCUT2D eigenvalue weighted by atomic mass is 32.1. The van der Waals surface area contributed by atoms with E-state index in [1.165, 1.54) is 11.3 Å². The van der Waals surface area contributed by atoms with Crippen LogP contribution in [0.4, 0.5) is 0 Å². The molecule has 0 saturated carbocycles. The molecule has 1 aliphatic heterocycles. The topological polar surface area (TPSA) is 85.0 Å². The highest BCUT2D eigenvalue weighted by Gasteiger charge is 2.27. The van der Waals surface area contributed by atoms with Crippen molar-refractivity contribution < 1.29 is 9.32 Å². The summed E-state index contributed by atoms with van der Waals surface area (Å²) in [6, 6.07) is 2.04. The number of hydrogen-bond acceptors (Lipinski definition) is 7. The molecule has 0 atom stereocenters. The molecule has 140 valence electrons. The number of thiazole rings is 1. The number of nitrogens with zero attached hydrogens (tertiary/aromatic N) is 5. The molecule has 4 heterocycles. The van der Waals surface area contributed by atoms with Gasteiger partial charge < -0.3 is 9.42 Å². The predicted octanol–water partition coefficient (Wildman–Crippen LogP) is 3.53. The minimum absolute atomic E-state index is 0.0185. The maximum atomic E-state index is 12.5. The molecule has 1 fully saturated rings. The monoisotopic (exact) mass is 383 g/mol. The van der Waals surface area contributed by atoms with E-state index in [0.717, 1.165) is 47.1 Å². The molecule has 1 aliphatic rings. The van der Waals surface area contributed by atoms with Gasteiger partial charge >= 0.3 is 0 Å². The van der Waals surface area contributed by atoms with Gasteiger partial charge in [0.05, 0.1) is 22.5 Å². The zero-order chi connectivity index (χ0) is 19.0. The molecule has 1 amide bonds. The summed E-state index contributed by atoms with van der Waals surface area (Å²) in [5, 5.41) is 5.84. The lowest BCUT2D eigenvalue weighted by molar-refractivity contribution is 0.0707. The first-order valence-corrected chi connectivity index (χ1v) is 9.93. The van der Waals surface area contributed by atoms with E-state index < -0.39 is 0 Å². The Morgan fingerprint density at radius 3 is 2.63 bits per heavy atom. The lowest BCUT2D eigenvalue weighted by atomic mass is 9.92. The van der Waals surface area contributed by atoms with Crippen LogP contribution in [-0.4, -0.2) is 44.0 Å². The smallest absolute Gasteiger partial charge is 0.273 e. The minimum Gasteiger partial charge on any atom is -0.361 e. The van der Waals surface area contributed by atoms with Gasteiger partial charge in [-0.25, -0.2) is 15.0 Å². The Balaban J connectivity index is 1.53. The Labute approximate surface area is 161 Å². The first-order chi connectivity index (χ1) is 13.0. The fraction of sp³-hybridized carbons (Fsp3) is 0.421. The van der Waals surface area contributed by atoms with Crippen LogP contribution < -0.4 is 0 Å². The Kier molecular flexibility index (Phi) is 4.73. The van der Waals surface area contributed by atoms with Crippen molar-refractivity contribution in [3.05, 3.63) is 45.6 Å². The highest BCUT2D eigenvalue weighted by Crippen LogP contribution is 2.31. The molecule has 1 saturated heterocycles. The van der Waals surface area contributed by atoms with E-state index in [1.54, 1.807) is 10.9 Å². The van der Waals surface area contributed by atoms with Gasteiger partial charge in [0.25, 0.3) is 5.91 Å². The van der Waals surface area contributed by atoms with Crippen molar-refractivity contribution in [3.63, 3.8) is 0 Å². The van der Waals surface area contributed by atoms with Crippen molar-refractivity contribution in [1.82, 2.24) is 25.0 Å². The standard InChI is InChI=1S/C19H21N5O2S/c1-11-18(12(2)26-23-11)16-8-15(21-13(3)22-16)14-4-6-24(7-5-14)19(25)17-9-27-10-20-17/h8-10,14H,4-7H2,1-3H3. The van der Waals surface area contributed by atoms with Crippen LogP contribution in [0.2, 0.25) is 0 Å². The van der Waals surface area contributed by atoms with E-state index in [0.29, 0.717) is 24.7 Å². The SMILES string of the molecule is Cc1nc(-c2c(C)noc2C)cc(C2CCN(C(=O)c3cscn3)CC2)n1. The van der Waals surface area contributed by atoms with Gasteiger partial charge in [0.15, 0.2) is 0 Å².